The van der Waals surface area contributed by atoms with Crippen molar-refractivity contribution in [3.63, 3.8) is 0 Å². The summed E-state index contributed by atoms with van der Waals surface area (Å²) in [5.74, 6) is 1.98. The quantitative estimate of drug-likeness (QED) is 0.762. The van der Waals surface area contributed by atoms with Crippen LogP contribution in [0.15, 0.2) is 48.5 Å². The van der Waals surface area contributed by atoms with E-state index in [0.29, 0.717) is 17.1 Å². The highest BCUT2D eigenvalue weighted by molar-refractivity contribution is 6.02. The average molecular weight is 300 g/mol. The number of rotatable bonds is 6. The molecule has 0 radical (unpaired) electrons. The van der Waals surface area contributed by atoms with Gasteiger partial charge in [0.25, 0.3) is 0 Å². The second-order valence-electron chi connectivity index (χ2n) is 5.35. The minimum atomic E-state index is -0.969. The summed E-state index contributed by atoms with van der Waals surface area (Å²) in [6, 6.07) is 14.1. The van der Waals surface area contributed by atoms with Crippen LogP contribution in [0.4, 0.5) is 0 Å². The largest absolute Gasteiger partial charge is 0.497 e. The Labute approximate surface area is 130 Å². The SMILES string of the molecule is COc1ccc(OC(C)(C)C(=O)c2ccc(OC)cc2)cc1. The van der Waals surface area contributed by atoms with Gasteiger partial charge in [-0.25, -0.2) is 0 Å². The lowest BCUT2D eigenvalue weighted by Crippen LogP contribution is -2.38. The van der Waals surface area contributed by atoms with Crippen LogP contribution in [-0.4, -0.2) is 25.6 Å². The van der Waals surface area contributed by atoms with Gasteiger partial charge in [0.05, 0.1) is 14.2 Å². The van der Waals surface area contributed by atoms with Gasteiger partial charge in [-0.05, 0) is 62.4 Å². The van der Waals surface area contributed by atoms with Crippen molar-refractivity contribution in [2.75, 3.05) is 14.2 Å². The van der Waals surface area contributed by atoms with E-state index in [2.05, 4.69) is 0 Å². The van der Waals surface area contributed by atoms with E-state index >= 15 is 0 Å². The van der Waals surface area contributed by atoms with Crippen LogP contribution >= 0.6 is 0 Å². The molecule has 0 spiro atoms. The van der Waals surface area contributed by atoms with Gasteiger partial charge in [-0.2, -0.15) is 0 Å². The van der Waals surface area contributed by atoms with Gasteiger partial charge in [-0.15, -0.1) is 0 Å². The molecule has 0 amide bonds. The maximum Gasteiger partial charge on any atom is 0.205 e. The van der Waals surface area contributed by atoms with Gasteiger partial charge in [0, 0.05) is 5.56 Å². The van der Waals surface area contributed by atoms with Gasteiger partial charge in [0.15, 0.2) is 5.60 Å². The molecule has 0 bridgehead atoms. The smallest absolute Gasteiger partial charge is 0.205 e. The van der Waals surface area contributed by atoms with E-state index in [0.717, 1.165) is 5.75 Å². The molecule has 0 atom stereocenters. The van der Waals surface area contributed by atoms with Crippen molar-refractivity contribution in [1.29, 1.82) is 0 Å². The molecule has 4 heteroatoms. The number of Topliss-reactive ketones (excluding diaryl/α,β-unsaturated/α-hetero) is 1. The molecule has 116 valence electrons. The summed E-state index contributed by atoms with van der Waals surface area (Å²) in [4.78, 5) is 12.6. The average Bonchev–Trinajstić information content (AvgIpc) is 2.54. The first-order chi connectivity index (χ1) is 10.5. The highest BCUT2D eigenvalue weighted by Crippen LogP contribution is 2.25. The number of hydrogen-bond donors (Lipinski definition) is 0. The molecule has 0 aliphatic heterocycles. The zero-order chi connectivity index (χ0) is 16.2. The number of hydrogen-bond acceptors (Lipinski definition) is 4. The second-order valence-corrected chi connectivity index (χ2v) is 5.35. The fraction of sp³-hybridized carbons (Fsp3) is 0.278. The summed E-state index contributed by atoms with van der Waals surface area (Å²) in [5.41, 5.74) is -0.386. The molecule has 0 unspecified atom stereocenters. The van der Waals surface area contributed by atoms with Gasteiger partial charge in [0.1, 0.15) is 17.2 Å². The molecule has 0 heterocycles. The lowest BCUT2D eigenvalue weighted by molar-refractivity contribution is 0.0584. The topological polar surface area (TPSA) is 44.8 Å². The zero-order valence-electron chi connectivity index (χ0n) is 13.3. The molecule has 0 fully saturated rings. The third-order valence-electron chi connectivity index (χ3n) is 3.33. The molecule has 0 aliphatic carbocycles. The van der Waals surface area contributed by atoms with Crippen molar-refractivity contribution >= 4 is 5.78 Å². The Morgan fingerprint density at radius 1 is 0.773 bits per heavy atom. The Morgan fingerprint density at radius 3 is 1.64 bits per heavy atom. The number of ether oxygens (including phenoxy) is 3. The van der Waals surface area contributed by atoms with Gasteiger partial charge < -0.3 is 14.2 Å². The first kappa shape index (κ1) is 15.9. The van der Waals surface area contributed by atoms with E-state index in [-0.39, 0.29) is 5.78 Å². The van der Waals surface area contributed by atoms with Crippen molar-refractivity contribution in [3.8, 4) is 17.2 Å². The van der Waals surface area contributed by atoms with E-state index in [1.165, 1.54) is 0 Å². The summed E-state index contributed by atoms with van der Waals surface area (Å²) in [5, 5.41) is 0. The Hall–Kier alpha value is -2.49. The fourth-order valence-corrected chi connectivity index (χ4v) is 2.07. The molecule has 2 rings (SSSR count). The second kappa shape index (κ2) is 6.52. The summed E-state index contributed by atoms with van der Waals surface area (Å²) in [7, 11) is 3.19. The third-order valence-corrected chi connectivity index (χ3v) is 3.33. The highest BCUT2D eigenvalue weighted by Gasteiger charge is 2.30. The predicted molar refractivity (Wildman–Crippen MR) is 85.0 cm³/mol. The molecule has 0 saturated heterocycles. The van der Waals surface area contributed by atoms with E-state index in [4.69, 9.17) is 14.2 Å². The van der Waals surface area contributed by atoms with Crippen LogP contribution in [0.3, 0.4) is 0 Å². The maximum absolute atomic E-state index is 12.6. The molecule has 4 nitrogen and oxygen atoms in total. The molecule has 0 aromatic heterocycles. The first-order valence-electron chi connectivity index (χ1n) is 6.98. The summed E-state index contributed by atoms with van der Waals surface area (Å²) in [6.07, 6.45) is 0. The molecule has 2 aromatic carbocycles. The number of methoxy groups -OCH3 is 2. The van der Waals surface area contributed by atoms with Gasteiger partial charge in [-0.3, -0.25) is 4.79 Å². The first-order valence-corrected chi connectivity index (χ1v) is 6.98. The number of ketones is 1. The van der Waals surface area contributed by atoms with Crippen LogP contribution in [0.25, 0.3) is 0 Å². The van der Waals surface area contributed by atoms with Crippen LogP contribution in [0.2, 0.25) is 0 Å². The number of carbonyl (C=O) groups is 1. The van der Waals surface area contributed by atoms with Crippen molar-refractivity contribution in [1.82, 2.24) is 0 Å². The van der Waals surface area contributed by atoms with Crippen LogP contribution in [0.5, 0.6) is 17.2 Å². The Bertz CT molecular complexity index is 627. The van der Waals surface area contributed by atoms with Crippen molar-refractivity contribution in [3.05, 3.63) is 54.1 Å². The number of carbonyl (C=O) groups excluding carboxylic acids is 1. The van der Waals surface area contributed by atoms with Crippen molar-refractivity contribution in [2.45, 2.75) is 19.4 Å². The standard InChI is InChI=1S/C18H20O4/c1-18(2,22-16-11-9-15(21-4)10-12-16)17(19)13-5-7-14(20-3)8-6-13/h5-12H,1-4H3. The molecule has 2 aromatic rings. The van der Waals surface area contributed by atoms with Crippen molar-refractivity contribution in [2.24, 2.45) is 0 Å². The zero-order valence-corrected chi connectivity index (χ0v) is 13.3. The Balaban J connectivity index is 2.14. The summed E-state index contributed by atoms with van der Waals surface area (Å²) >= 11 is 0. The van der Waals surface area contributed by atoms with E-state index in [9.17, 15) is 4.79 Å². The Kier molecular flexibility index (Phi) is 4.71. The minimum Gasteiger partial charge on any atom is -0.497 e. The minimum absolute atomic E-state index is 0.0917. The van der Waals surface area contributed by atoms with E-state index < -0.39 is 5.60 Å². The predicted octanol–water partition coefficient (Wildman–Crippen LogP) is 3.74. The van der Waals surface area contributed by atoms with Crippen LogP contribution in [0, 0.1) is 0 Å². The van der Waals surface area contributed by atoms with Gasteiger partial charge >= 0.3 is 0 Å². The molecular weight excluding hydrogens is 280 g/mol. The van der Waals surface area contributed by atoms with E-state index in [1.807, 2.05) is 0 Å². The van der Waals surface area contributed by atoms with Gasteiger partial charge in [0.2, 0.25) is 5.78 Å². The lowest BCUT2D eigenvalue weighted by Gasteiger charge is -2.25. The fourth-order valence-electron chi connectivity index (χ4n) is 2.07. The lowest BCUT2D eigenvalue weighted by atomic mass is 9.96. The maximum atomic E-state index is 12.6. The van der Waals surface area contributed by atoms with E-state index in [1.54, 1.807) is 76.6 Å². The van der Waals surface area contributed by atoms with Crippen LogP contribution in [-0.2, 0) is 0 Å². The normalized spacial score (nSPS) is 10.9. The molecular formula is C18H20O4. The third kappa shape index (κ3) is 3.58. The molecule has 22 heavy (non-hydrogen) atoms. The van der Waals surface area contributed by atoms with Crippen LogP contribution < -0.4 is 14.2 Å². The Morgan fingerprint density at radius 2 is 1.18 bits per heavy atom. The van der Waals surface area contributed by atoms with Crippen LogP contribution in [0.1, 0.15) is 24.2 Å². The summed E-state index contributed by atoms with van der Waals surface area (Å²) in [6.45, 7) is 3.51. The highest BCUT2D eigenvalue weighted by atomic mass is 16.5. The van der Waals surface area contributed by atoms with Crippen molar-refractivity contribution < 1.29 is 19.0 Å². The summed E-state index contributed by atoms with van der Waals surface area (Å²) < 4.78 is 16.0. The molecule has 0 saturated carbocycles. The van der Waals surface area contributed by atoms with Gasteiger partial charge in [-0.1, -0.05) is 0 Å². The molecule has 0 N–H and O–H groups in total. The number of benzene rings is 2. The molecule has 0 aliphatic rings. The monoisotopic (exact) mass is 300 g/mol.